The number of hydrogen-bond acceptors (Lipinski definition) is 4. The van der Waals surface area contributed by atoms with Crippen molar-refractivity contribution in [2.24, 2.45) is 0 Å². The van der Waals surface area contributed by atoms with E-state index in [1.165, 1.54) is 22.2 Å². The summed E-state index contributed by atoms with van der Waals surface area (Å²) >= 11 is 10.3. The molecule has 0 bridgehead atoms. The number of halogens is 2. The third kappa shape index (κ3) is 2.34. The third-order valence-corrected chi connectivity index (χ3v) is 4.02. The van der Waals surface area contributed by atoms with Crippen molar-refractivity contribution in [2.45, 2.75) is 13.5 Å². The summed E-state index contributed by atoms with van der Waals surface area (Å²) in [5, 5.41) is 0. The summed E-state index contributed by atoms with van der Waals surface area (Å²) in [6.45, 7) is 2.22. The highest BCUT2D eigenvalue weighted by Gasteiger charge is 2.07. The molecule has 7 heteroatoms. The molecule has 0 aromatic carbocycles. The first-order valence-corrected chi connectivity index (χ1v) is 6.38. The van der Waals surface area contributed by atoms with Crippen molar-refractivity contribution >= 4 is 38.9 Å². The molecule has 0 saturated carbocycles. The summed E-state index contributed by atoms with van der Waals surface area (Å²) < 4.78 is 2.48. The van der Waals surface area contributed by atoms with E-state index in [4.69, 9.17) is 11.6 Å². The highest BCUT2D eigenvalue weighted by Crippen LogP contribution is 2.18. The molecule has 0 saturated heterocycles. The van der Waals surface area contributed by atoms with E-state index in [1.807, 2.05) is 0 Å². The van der Waals surface area contributed by atoms with Crippen LogP contribution in [0.1, 0.15) is 10.6 Å². The van der Waals surface area contributed by atoms with Gasteiger partial charge in [0, 0.05) is 11.1 Å². The Hall–Kier alpha value is -0.720. The van der Waals surface area contributed by atoms with Crippen LogP contribution >= 0.6 is 38.9 Å². The summed E-state index contributed by atoms with van der Waals surface area (Å²) in [7, 11) is 0. The fourth-order valence-electron chi connectivity index (χ4n) is 1.18. The van der Waals surface area contributed by atoms with Crippen LogP contribution in [0.15, 0.2) is 21.8 Å². The summed E-state index contributed by atoms with van der Waals surface area (Å²) in [6.07, 6.45) is 3.18. The van der Waals surface area contributed by atoms with Crippen LogP contribution < -0.4 is 5.56 Å². The van der Waals surface area contributed by atoms with E-state index in [0.29, 0.717) is 21.2 Å². The molecule has 0 aliphatic rings. The van der Waals surface area contributed by atoms with Crippen LogP contribution in [0.5, 0.6) is 0 Å². The van der Waals surface area contributed by atoms with Gasteiger partial charge < -0.3 is 0 Å². The lowest BCUT2D eigenvalue weighted by molar-refractivity contribution is 0.732. The minimum Gasteiger partial charge on any atom is -0.293 e. The first kappa shape index (κ1) is 11.8. The van der Waals surface area contributed by atoms with Gasteiger partial charge in [-0.3, -0.25) is 9.36 Å². The van der Waals surface area contributed by atoms with Gasteiger partial charge in [0.15, 0.2) is 4.47 Å². The van der Waals surface area contributed by atoms with Crippen molar-refractivity contribution in [2.75, 3.05) is 0 Å². The van der Waals surface area contributed by atoms with Crippen molar-refractivity contribution in [3.63, 3.8) is 0 Å². The van der Waals surface area contributed by atoms with Gasteiger partial charge in [-0.05, 0) is 22.9 Å². The topological polar surface area (TPSA) is 47.8 Å². The Balaban J connectivity index is 2.36. The maximum atomic E-state index is 11.8. The second kappa shape index (κ2) is 4.65. The highest BCUT2D eigenvalue weighted by molar-refractivity contribution is 9.10. The predicted octanol–water partition coefficient (Wildman–Crippen LogP) is 2.47. The SMILES string of the molecule is Cc1ncn(Cc2cnc(Cl)s2)c(=O)c1Br. The fraction of sp³-hybridized carbons (Fsp3) is 0.222. The number of thiazole rings is 1. The van der Waals surface area contributed by atoms with Crippen molar-refractivity contribution in [3.05, 3.63) is 42.4 Å². The van der Waals surface area contributed by atoms with E-state index in [1.54, 1.807) is 13.1 Å². The van der Waals surface area contributed by atoms with Gasteiger partial charge in [-0.15, -0.1) is 11.3 Å². The van der Waals surface area contributed by atoms with Crippen LogP contribution in [0.4, 0.5) is 0 Å². The Kier molecular flexibility index (Phi) is 3.41. The van der Waals surface area contributed by atoms with Crippen LogP contribution in [0.3, 0.4) is 0 Å². The van der Waals surface area contributed by atoms with Crippen LogP contribution in [0.2, 0.25) is 4.47 Å². The Morgan fingerprint density at radius 1 is 1.56 bits per heavy atom. The van der Waals surface area contributed by atoms with Gasteiger partial charge >= 0.3 is 0 Å². The second-order valence-electron chi connectivity index (χ2n) is 3.16. The molecule has 16 heavy (non-hydrogen) atoms. The summed E-state index contributed by atoms with van der Waals surface area (Å²) in [5.74, 6) is 0. The molecule has 2 heterocycles. The molecule has 0 radical (unpaired) electrons. The molecular weight excluding hydrogens is 314 g/mol. The largest absolute Gasteiger partial charge is 0.293 e. The van der Waals surface area contributed by atoms with E-state index in [-0.39, 0.29) is 5.56 Å². The standard InChI is InChI=1S/C9H7BrClN3OS/c1-5-7(10)8(15)14(4-13-5)3-6-2-12-9(11)16-6/h2,4H,3H2,1H3. The number of aryl methyl sites for hydroxylation is 1. The zero-order valence-electron chi connectivity index (χ0n) is 8.28. The molecular formula is C9H7BrClN3OS. The first-order valence-electron chi connectivity index (χ1n) is 4.39. The molecule has 4 nitrogen and oxygen atoms in total. The zero-order valence-corrected chi connectivity index (χ0v) is 11.4. The average Bonchev–Trinajstić information content (AvgIpc) is 2.65. The molecule has 84 valence electrons. The van der Waals surface area contributed by atoms with Gasteiger partial charge in [0.1, 0.15) is 4.47 Å². The molecule has 0 aliphatic carbocycles. The normalized spacial score (nSPS) is 10.7. The second-order valence-corrected chi connectivity index (χ2v) is 5.65. The molecule has 0 unspecified atom stereocenters. The van der Waals surface area contributed by atoms with Gasteiger partial charge in [0.2, 0.25) is 0 Å². The maximum absolute atomic E-state index is 11.8. The molecule has 2 aromatic rings. The maximum Gasteiger partial charge on any atom is 0.268 e. The molecule has 0 spiro atoms. The number of aromatic nitrogens is 3. The van der Waals surface area contributed by atoms with Crippen LogP contribution in [0, 0.1) is 6.92 Å². The predicted molar refractivity (Wildman–Crippen MR) is 67.2 cm³/mol. The van der Waals surface area contributed by atoms with E-state index in [9.17, 15) is 4.79 Å². The number of nitrogens with zero attached hydrogens (tertiary/aromatic N) is 3. The van der Waals surface area contributed by atoms with Crippen LogP contribution in [-0.2, 0) is 6.54 Å². The first-order chi connectivity index (χ1) is 7.58. The molecule has 2 rings (SSSR count). The Morgan fingerprint density at radius 2 is 2.31 bits per heavy atom. The average molecular weight is 321 g/mol. The van der Waals surface area contributed by atoms with Gasteiger partial charge in [0.05, 0.1) is 18.6 Å². The van der Waals surface area contributed by atoms with Gasteiger partial charge in [-0.1, -0.05) is 11.6 Å². The Morgan fingerprint density at radius 3 is 2.94 bits per heavy atom. The molecule has 0 fully saturated rings. The minimum absolute atomic E-state index is 0.1000. The molecule has 0 atom stereocenters. The van der Waals surface area contributed by atoms with Gasteiger partial charge in [-0.2, -0.15) is 0 Å². The lowest BCUT2D eigenvalue weighted by Crippen LogP contribution is -2.22. The Bertz CT molecular complexity index is 580. The molecule has 0 aliphatic heterocycles. The molecule has 0 N–H and O–H groups in total. The van der Waals surface area contributed by atoms with Crippen LogP contribution in [-0.4, -0.2) is 14.5 Å². The Labute approximate surface area is 109 Å². The highest BCUT2D eigenvalue weighted by atomic mass is 79.9. The fourth-order valence-corrected chi connectivity index (χ4v) is 2.49. The van der Waals surface area contributed by atoms with Gasteiger partial charge in [-0.25, -0.2) is 9.97 Å². The minimum atomic E-state index is -0.1000. The van der Waals surface area contributed by atoms with Crippen LogP contribution in [0.25, 0.3) is 0 Å². The quantitative estimate of drug-likeness (QED) is 0.854. The molecule has 2 aromatic heterocycles. The lowest BCUT2D eigenvalue weighted by atomic mass is 10.4. The number of hydrogen-bond donors (Lipinski definition) is 0. The van der Waals surface area contributed by atoms with E-state index in [0.717, 1.165) is 4.88 Å². The van der Waals surface area contributed by atoms with Crippen molar-refractivity contribution in [3.8, 4) is 0 Å². The smallest absolute Gasteiger partial charge is 0.268 e. The van der Waals surface area contributed by atoms with Crippen molar-refractivity contribution in [1.29, 1.82) is 0 Å². The third-order valence-electron chi connectivity index (χ3n) is 2.01. The number of rotatable bonds is 2. The zero-order chi connectivity index (χ0) is 11.7. The summed E-state index contributed by atoms with van der Waals surface area (Å²) in [6, 6.07) is 0. The van der Waals surface area contributed by atoms with E-state index in [2.05, 4.69) is 25.9 Å². The van der Waals surface area contributed by atoms with Gasteiger partial charge in [0.25, 0.3) is 5.56 Å². The monoisotopic (exact) mass is 319 g/mol. The van der Waals surface area contributed by atoms with Crippen molar-refractivity contribution < 1.29 is 0 Å². The van der Waals surface area contributed by atoms with E-state index >= 15 is 0 Å². The van der Waals surface area contributed by atoms with Crippen molar-refractivity contribution in [1.82, 2.24) is 14.5 Å². The van der Waals surface area contributed by atoms with E-state index < -0.39 is 0 Å². The lowest BCUT2D eigenvalue weighted by Gasteiger charge is -2.04. The summed E-state index contributed by atoms with van der Waals surface area (Å²) in [4.78, 5) is 20.8. The summed E-state index contributed by atoms with van der Waals surface area (Å²) in [5.41, 5.74) is 0.584. The molecule has 0 amide bonds.